The number of carbonyl (C=O) groups is 1. The van der Waals surface area contributed by atoms with Gasteiger partial charge in [0.05, 0.1) is 4.90 Å². The highest BCUT2D eigenvalue weighted by Crippen LogP contribution is 2.32. The van der Waals surface area contributed by atoms with Crippen LogP contribution in [0.1, 0.15) is 6.42 Å². The van der Waals surface area contributed by atoms with E-state index in [2.05, 4.69) is 4.72 Å². The molecule has 0 saturated carbocycles. The fourth-order valence-electron chi connectivity index (χ4n) is 3.12. The molecular formula is C18H18N2O5S. The molecule has 0 radical (unpaired) electrons. The van der Waals surface area contributed by atoms with Gasteiger partial charge in [-0.2, -0.15) is 0 Å². The maximum atomic E-state index is 12.7. The summed E-state index contributed by atoms with van der Waals surface area (Å²) in [6.07, 6.45) is 0.124. The Kier molecular flexibility index (Phi) is 4.29. The van der Waals surface area contributed by atoms with Crippen LogP contribution in [0, 0.1) is 0 Å². The van der Waals surface area contributed by atoms with Crippen LogP contribution >= 0.6 is 0 Å². The quantitative estimate of drug-likeness (QED) is 0.878. The van der Waals surface area contributed by atoms with Gasteiger partial charge in [0.1, 0.15) is 13.2 Å². The van der Waals surface area contributed by atoms with Crippen molar-refractivity contribution in [1.82, 2.24) is 4.72 Å². The number of anilines is 1. The molecular weight excluding hydrogens is 356 g/mol. The van der Waals surface area contributed by atoms with Crippen LogP contribution in [-0.4, -0.2) is 40.1 Å². The first-order valence-corrected chi connectivity index (χ1v) is 9.79. The number of benzene rings is 2. The van der Waals surface area contributed by atoms with Crippen molar-refractivity contribution in [2.75, 3.05) is 24.7 Å². The molecule has 1 saturated heterocycles. The molecule has 2 aliphatic rings. The number of amides is 1. The van der Waals surface area contributed by atoms with Gasteiger partial charge in [0.2, 0.25) is 15.9 Å². The number of ether oxygens (including phenoxy) is 2. The molecule has 0 aliphatic carbocycles. The Bertz CT molecular complexity index is 930. The summed E-state index contributed by atoms with van der Waals surface area (Å²) in [5.74, 6) is 0.833. The van der Waals surface area contributed by atoms with Gasteiger partial charge in [0, 0.05) is 30.8 Å². The third kappa shape index (κ3) is 3.25. The molecule has 2 aromatic carbocycles. The van der Waals surface area contributed by atoms with Crippen LogP contribution < -0.4 is 19.1 Å². The minimum atomic E-state index is -3.77. The van der Waals surface area contributed by atoms with E-state index in [1.54, 1.807) is 11.0 Å². The summed E-state index contributed by atoms with van der Waals surface area (Å²) >= 11 is 0. The third-order valence-corrected chi connectivity index (χ3v) is 5.86. The molecule has 0 aromatic heterocycles. The van der Waals surface area contributed by atoms with E-state index in [1.807, 2.05) is 30.3 Å². The Balaban J connectivity index is 1.51. The minimum absolute atomic E-state index is 0.0901. The third-order valence-electron chi connectivity index (χ3n) is 4.34. The van der Waals surface area contributed by atoms with Gasteiger partial charge in [0.15, 0.2) is 11.5 Å². The molecule has 1 N–H and O–H groups in total. The summed E-state index contributed by atoms with van der Waals surface area (Å²) in [7, 11) is -3.77. The van der Waals surface area contributed by atoms with Crippen molar-refractivity contribution in [2.24, 2.45) is 0 Å². The molecule has 1 amide bonds. The molecule has 0 bridgehead atoms. The number of nitrogens with zero attached hydrogens (tertiary/aromatic N) is 1. The average molecular weight is 374 g/mol. The Labute approximate surface area is 151 Å². The molecule has 7 nitrogen and oxygen atoms in total. The van der Waals surface area contributed by atoms with E-state index in [1.165, 1.54) is 12.1 Å². The maximum absolute atomic E-state index is 12.7. The number of sulfonamides is 1. The molecule has 2 heterocycles. The van der Waals surface area contributed by atoms with Gasteiger partial charge in [-0.25, -0.2) is 13.1 Å². The van der Waals surface area contributed by atoms with Crippen molar-refractivity contribution >= 4 is 21.6 Å². The van der Waals surface area contributed by atoms with E-state index >= 15 is 0 Å². The zero-order valence-electron chi connectivity index (χ0n) is 13.9. The predicted octanol–water partition coefficient (Wildman–Crippen LogP) is 1.54. The summed E-state index contributed by atoms with van der Waals surface area (Å²) in [5.41, 5.74) is 0.763. The van der Waals surface area contributed by atoms with E-state index in [4.69, 9.17) is 9.47 Å². The molecule has 26 heavy (non-hydrogen) atoms. The van der Waals surface area contributed by atoms with Crippen LogP contribution in [0.4, 0.5) is 5.69 Å². The number of carbonyl (C=O) groups excluding carboxylic acids is 1. The van der Waals surface area contributed by atoms with Gasteiger partial charge >= 0.3 is 0 Å². The van der Waals surface area contributed by atoms with E-state index in [0.717, 1.165) is 5.69 Å². The number of fused-ring (bicyclic) bond motifs is 1. The molecule has 8 heteroatoms. The smallest absolute Gasteiger partial charge is 0.241 e. The molecule has 0 unspecified atom stereocenters. The molecule has 2 aromatic rings. The lowest BCUT2D eigenvalue weighted by Crippen LogP contribution is -2.37. The zero-order chi connectivity index (χ0) is 18.1. The fourth-order valence-corrected chi connectivity index (χ4v) is 4.36. The lowest BCUT2D eigenvalue weighted by molar-refractivity contribution is -0.117. The molecule has 1 fully saturated rings. The van der Waals surface area contributed by atoms with Gasteiger partial charge in [-0.15, -0.1) is 0 Å². The highest BCUT2D eigenvalue weighted by Gasteiger charge is 2.33. The highest BCUT2D eigenvalue weighted by molar-refractivity contribution is 7.89. The number of rotatable bonds is 4. The summed E-state index contributed by atoms with van der Waals surface area (Å²) in [6.45, 7) is 1.12. The highest BCUT2D eigenvalue weighted by atomic mass is 32.2. The van der Waals surface area contributed by atoms with E-state index in [0.29, 0.717) is 31.3 Å². The number of nitrogens with one attached hydrogen (secondary N) is 1. The number of hydrogen-bond acceptors (Lipinski definition) is 5. The van der Waals surface area contributed by atoms with Crippen LogP contribution in [-0.2, 0) is 14.8 Å². The second-order valence-electron chi connectivity index (χ2n) is 6.17. The van der Waals surface area contributed by atoms with E-state index in [9.17, 15) is 13.2 Å². The van der Waals surface area contributed by atoms with Crippen LogP contribution in [0.5, 0.6) is 11.5 Å². The maximum Gasteiger partial charge on any atom is 0.241 e. The molecule has 4 rings (SSSR count). The second-order valence-corrected chi connectivity index (χ2v) is 7.88. The van der Waals surface area contributed by atoms with Crippen molar-refractivity contribution in [3.8, 4) is 11.5 Å². The molecule has 0 spiro atoms. The first-order valence-electron chi connectivity index (χ1n) is 8.30. The van der Waals surface area contributed by atoms with Crippen molar-refractivity contribution in [3.05, 3.63) is 48.5 Å². The van der Waals surface area contributed by atoms with Gasteiger partial charge in [-0.05, 0) is 24.3 Å². The first-order chi connectivity index (χ1) is 12.5. The summed E-state index contributed by atoms with van der Waals surface area (Å²) in [5, 5.41) is 0. The van der Waals surface area contributed by atoms with Crippen molar-refractivity contribution < 1.29 is 22.7 Å². The second kappa shape index (κ2) is 6.62. The topological polar surface area (TPSA) is 84.9 Å². The van der Waals surface area contributed by atoms with Crippen LogP contribution in [0.3, 0.4) is 0 Å². The fraction of sp³-hybridized carbons (Fsp3) is 0.278. The van der Waals surface area contributed by atoms with Crippen LogP contribution in [0.25, 0.3) is 0 Å². The SMILES string of the molecule is O=C1C[C@H](NS(=O)(=O)c2ccc3c(c2)OCCO3)CN1c1ccccc1. The van der Waals surface area contributed by atoms with Gasteiger partial charge in [-0.1, -0.05) is 18.2 Å². The Morgan fingerprint density at radius 1 is 1.00 bits per heavy atom. The van der Waals surface area contributed by atoms with Crippen LogP contribution in [0.2, 0.25) is 0 Å². The van der Waals surface area contributed by atoms with Gasteiger partial charge < -0.3 is 14.4 Å². The number of para-hydroxylation sites is 1. The minimum Gasteiger partial charge on any atom is -0.486 e. The Morgan fingerprint density at radius 2 is 1.73 bits per heavy atom. The Morgan fingerprint density at radius 3 is 2.50 bits per heavy atom. The average Bonchev–Trinajstić information content (AvgIpc) is 3.01. The predicted molar refractivity (Wildman–Crippen MR) is 95.0 cm³/mol. The van der Waals surface area contributed by atoms with Gasteiger partial charge in [0.25, 0.3) is 0 Å². The van der Waals surface area contributed by atoms with E-state index in [-0.39, 0.29) is 17.2 Å². The van der Waals surface area contributed by atoms with Crippen molar-refractivity contribution in [2.45, 2.75) is 17.4 Å². The monoisotopic (exact) mass is 374 g/mol. The summed E-state index contributed by atoms with van der Waals surface area (Å²) in [4.78, 5) is 13.9. The first kappa shape index (κ1) is 16.9. The molecule has 2 aliphatic heterocycles. The lowest BCUT2D eigenvalue weighted by atomic mass is 10.3. The summed E-state index contributed by atoms with van der Waals surface area (Å²) in [6, 6.07) is 13.2. The largest absolute Gasteiger partial charge is 0.486 e. The van der Waals surface area contributed by atoms with E-state index < -0.39 is 16.1 Å². The Hall–Kier alpha value is -2.58. The van der Waals surface area contributed by atoms with Crippen molar-refractivity contribution in [1.29, 1.82) is 0 Å². The number of hydrogen-bond donors (Lipinski definition) is 1. The molecule has 136 valence electrons. The summed E-state index contributed by atoms with van der Waals surface area (Å²) < 4.78 is 38.8. The normalized spacial score (nSPS) is 19.6. The zero-order valence-corrected chi connectivity index (χ0v) is 14.7. The standard InChI is InChI=1S/C18H18N2O5S/c21-18-10-13(12-20(18)14-4-2-1-3-5-14)19-26(22,23)15-6-7-16-17(11-15)25-9-8-24-16/h1-7,11,13,19H,8-10,12H2/t13-/m0/s1. The molecule has 1 atom stereocenters. The van der Waals surface area contributed by atoms with Crippen LogP contribution in [0.15, 0.2) is 53.4 Å². The van der Waals surface area contributed by atoms with Crippen molar-refractivity contribution in [3.63, 3.8) is 0 Å². The lowest BCUT2D eigenvalue weighted by Gasteiger charge is -2.20. The van der Waals surface area contributed by atoms with Gasteiger partial charge in [-0.3, -0.25) is 4.79 Å².